The molecule has 1 aliphatic heterocycles. The molecule has 19 heavy (non-hydrogen) atoms. The number of aryl methyl sites for hydroxylation is 1. The summed E-state index contributed by atoms with van der Waals surface area (Å²) in [6, 6.07) is 0.249. The molecule has 2 N–H and O–H groups in total. The third-order valence-corrected chi connectivity index (χ3v) is 3.60. The van der Waals surface area contributed by atoms with Crippen molar-refractivity contribution in [3.8, 4) is 0 Å². The summed E-state index contributed by atoms with van der Waals surface area (Å²) in [5, 5.41) is 4.41. The number of hydrogen-bond donors (Lipinski definition) is 1. The summed E-state index contributed by atoms with van der Waals surface area (Å²) < 4.78 is 7.79. The summed E-state index contributed by atoms with van der Waals surface area (Å²) in [5.41, 5.74) is 7.21. The van der Waals surface area contributed by atoms with E-state index >= 15 is 0 Å². The van der Waals surface area contributed by atoms with Crippen LogP contribution in [0.25, 0.3) is 0 Å². The molecule has 3 atom stereocenters. The normalized spacial score (nSPS) is 26.5. The van der Waals surface area contributed by atoms with Crippen molar-refractivity contribution in [2.45, 2.75) is 52.0 Å². The molecule has 2 heterocycles. The van der Waals surface area contributed by atoms with Gasteiger partial charge in [-0.1, -0.05) is 6.92 Å². The van der Waals surface area contributed by atoms with Gasteiger partial charge in [-0.2, -0.15) is 5.10 Å². The third-order valence-electron chi connectivity index (χ3n) is 3.60. The Morgan fingerprint density at radius 1 is 1.42 bits per heavy atom. The van der Waals surface area contributed by atoms with E-state index in [-0.39, 0.29) is 18.2 Å². The fraction of sp³-hybridized carbons (Fsp3) is 0.786. The number of aromatic nitrogens is 2. The number of rotatable bonds is 5. The van der Waals surface area contributed by atoms with Gasteiger partial charge in [0.1, 0.15) is 0 Å². The zero-order valence-electron chi connectivity index (χ0n) is 12.2. The standard InChI is InChI=1S/C14H26N4O/c1-4-5-18-10-13(7-16-18)14(6-15)17-8-11(2)19-12(3)9-17/h7,10-12,14H,4-6,8-9,15H2,1-3H3/t11-,12+,14?. The van der Waals surface area contributed by atoms with Crippen molar-refractivity contribution >= 4 is 0 Å². The van der Waals surface area contributed by atoms with E-state index in [1.165, 1.54) is 5.56 Å². The molecule has 1 fully saturated rings. The first-order valence-electron chi connectivity index (χ1n) is 7.26. The number of nitrogens with two attached hydrogens (primary N) is 1. The van der Waals surface area contributed by atoms with Gasteiger partial charge in [0.2, 0.25) is 0 Å². The lowest BCUT2D eigenvalue weighted by atomic mass is 10.1. The molecule has 1 aliphatic rings. The molecule has 0 amide bonds. The van der Waals surface area contributed by atoms with Gasteiger partial charge in [-0.05, 0) is 20.3 Å². The van der Waals surface area contributed by atoms with Crippen molar-refractivity contribution in [1.82, 2.24) is 14.7 Å². The first kappa shape index (κ1) is 14.5. The summed E-state index contributed by atoms with van der Waals surface area (Å²) in [5.74, 6) is 0. The SMILES string of the molecule is CCCn1cc(C(CN)N2C[C@@H](C)O[C@@H](C)C2)cn1. The van der Waals surface area contributed by atoms with Crippen molar-refractivity contribution < 1.29 is 4.74 Å². The van der Waals surface area contributed by atoms with Crippen molar-refractivity contribution in [2.75, 3.05) is 19.6 Å². The number of hydrogen-bond acceptors (Lipinski definition) is 4. The highest BCUT2D eigenvalue weighted by Crippen LogP contribution is 2.23. The van der Waals surface area contributed by atoms with E-state index < -0.39 is 0 Å². The fourth-order valence-electron chi connectivity index (χ4n) is 2.87. The van der Waals surface area contributed by atoms with E-state index in [0.29, 0.717) is 6.54 Å². The van der Waals surface area contributed by atoms with Crippen LogP contribution >= 0.6 is 0 Å². The molecule has 1 aromatic heterocycles. The van der Waals surface area contributed by atoms with E-state index in [4.69, 9.17) is 10.5 Å². The van der Waals surface area contributed by atoms with Gasteiger partial charge in [0.05, 0.1) is 24.4 Å². The molecule has 0 aliphatic carbocycles. The zero-order valence-corrected chi connectivity index (χ0v) is 12.2. The summed E-state index contributed by atoms with van der Waals surface area (Å²) in [7, 11) is 0. The molecule has 0 saturated carbocycles. The van der Waals surface area contributed by atoms with Crippen LogP contribution in [0.4, 0.5) is 0 Å². The Kier molecular flexibility index (Phi) is 4.96. The lowest BCUT2D eigenvalue weighted by Gasteiger charge is -2.39. The number of nitrogens with zero attached hydrogens (tertiary/aromatic N) is 3. The van der Waals surface area contributed by atoms with E-state index in [0.717, 1.165) is 26.1 Å². The second kappa shape index (κ2) is 6.50. The van der Waals surface area contributed by atoms with Crippen molar-refractivity contribution in [3.05, 3.63) is 18.0 Å². The van der Waals surface area contributed by atoms with Crippen molar-refractivity contribution in [1.29, 1.82) is 0 Å². The highest BCUT2D eigenvalue weighted by Gasteiger charge is 2.28. The molecule has 0 radical (unpaired) electrons. The lowest BCUT2D eigenvalue weighted by molar-refractivity contribution is -0.0799. The summed E-state index contributed by atoms with van der Waals surface area (Å²) in [6.45, 7) is 9.86. The largest absolute Gasteiger partial charge is 0.373 e. The van der Waals surface area contributed by atoms with Crippen LogP contribution in [0.5, 0.6) is 0 Å². The predicted octanol–water partition coefficient (Wildman–Crippen LogP) is 1.40. The van der Waals surface area contributed by atoms with E-state index in [1.807, 2.05) is 10.9 Å². The van der Waals surface area contributed by atoms with E-state index in [9.17, 15) is 0 Å². The zero-order chi connectivity index (χ0) is 13.8. The highest BCUT2D eigenvalue weighted by molar-refractivity contribution is 5.12. The molecule has 1 unspecified atom stereocenters. The number of ether oxygens (including phenoxy) is 1. The number of morpholine rings is 1. The van der Waals surface area contributed by atoms with Crippen LogP contribution < -0.4 is 5.73 Å². The van der Waals surface area contributed by atoms with Crippen molar-refractivity contribution in [3.63, 3.8) is 0 Å². The molecule has 5 nitrogen and oxygen atoms in total. The van der Waals surface area contributed by atoms with Crippen LogP contribution in [0.1, 0.15) is 38.8 Å². The monoisotopic (exact) mass is 266 g/mol. The minimum Gasteiger partial charge on any atom is -0.373 e. The summed E-state index contributed by atoms with van der Waals surface area (Å²) in [4.78, 5) is 2.42. The van der Waals surface area contributed by atoms with Gasteiger partial charge >= 0.3 is 0 Å². The molecule has 1 aromatic rings. The Balaban J connectivity index is 2.09. The lowest BCUT2D eigenvalue weighted by Crippen LogP contribution is -2.48. The van der Waals surface area contributed by atoms with Gasteiger partial charge in [-0.15, -0.1) is 0 Å². The maximum absolute atomic E-state index is 5.99. The van der Waals surface area contributed by atoms with Gasteiger partial charge in [0.15, 0.2) is 0 Å². The van der Waals surface area contributed by atoms with Gasteiger partial charge in [0, 0.05) is 37.9 Å². The van der Waals surface area contributed by atoms with E-state index in [1.54, 1.807) is 0 Å². The first-order chi connectivity index (χ1) is 9.13. The molecule has 1 saturated heterocycles. The Bertz CT molecular complexity index is 383. The molecule has 5 heteroatoms. The van der Waals surface area contributed by atoms with Gasteiger partial charge in [0.25, 0.3) is 0 Å². The van der Waals surface area contributed by atoms with Gasteiger partial charge < -0.3 is 10.5 Å². The van der Waals surface area contributed by atoms with Crippen LogP contribution in [0.3, 0.4) is 0 Å². The van der Waals surface area contributed by atoms with E-state index in [2.05, 4.69) is 37.0 Å². The highest BCUT2D eigenvalue weighted by atomic mass is 16.5. The van der Waals surface area contributed by atoms with Gasteiger partial charge in [-0.25, -0.2) is 0 Å². The Morgan fingerprint density at radius 3 is 2.68 bits per heavy atom. The van der Waals surface area contributed by atoms with Crippen LogP contribution in [0, 0.1) is 0 Å². The van der Waals surface area contributed by atoms with Crippen molar-refractivity contribution in [2.24, 2.45) is 5.73 Å². The Morgan fingerprint density at radius 2 is 2.11 bits per heavy atom. The predicted molar refractivity (Wildman–Crippen MR) is 75.9 cm³/mol. The smallest absolute Gasteiger partial charge is 0.0678 e. The summed E-state index contributed by atoms with van der Waals surface area (Å²) >= 11 is 0. The maximum Gasteiger partial charge on any atom is 0.0678 e. The van der Waals surface area contributed by atoms with Crippen LogP contribution in [0.15, 0.2) is 12.4 Å². The second-order valence-electron chi connectivity index (χ2n) is 5.50. The second-order valence-corrected chi connectivity index (χ2v) is 5.50. The fourth-order valence-corrected chi connectivity index (χ4v) is 2.87. The third kappa shape index (κ3) is 3.55. The average molecular weight is 266 g/mol. The quantitative estimate of drug-likeness (QED) is 0.875. The Labute approximate surface area is 115 Å². The molecule has 0 spiro atoms. The van der Waals surface area contributed by atoms with Crippen LogP contribution in [-0.4, -0.2) is 46.5 Å². The minimum absolute atomic E-state index is 0.249. The molecule has 0 aromatic carbocycles. The topological polar surface area (TPSA) is 56.3 Å². The maximum atomic E-state index is 5.99. The average Bonchev–Trinajstić information content (AvgIpc) is 2.78. The molecular formula is C14H26N4O. The molecule has 0 bridgehead atoms. The first-order valence-corrected chi connectivity index (χ1v) is 7.26. The molecular weight excluding hydrogens is 240 g/mol. The molecule has 108 valence electrons. The molecule has 2 rings (SSSR count). The van der Waals surface area contributed by atoms with Crippen LogP contribution in [0.2, 0.25) is 0 Å². The van der Waals surface area contributed by atoms with Crippen LogP contribution in [-0.2, 0) is 11.3 Å². The van der Waals surface area contributed by atoms with Gasteiger partial charge in [-0.3, -0.25) is 9.58 Å². The Hall–Kier alpha value is -0.910. The minimum atomic E-state index is 0.249. The summed E-state index contributed by atoms with van der Waals surface area (Å²) in [6.07, 6.45) is 5.72.